The molecule has 0 spiro atoms. The number of methoxy groups -OCH3 is 1. The molecule has 4 heteroatoms. The van der Waals surface area contributed by atoms with Crippen LogP contribution in [0.25, 0.3) is 5.57 Å². The van der Waals surface area contributed by atoms with E-state index >= 15 is 0 Å². The lowest BCUT2D eigenvalue weighted by Gasteiger charge is -2.15. The van der Waals surface area contributed by atoms with Gasteiger partial charge in [0.25, 0.3) is 0 Å². The summed E-state index contributed by atoms with van der Waals surface area (Å²) in [5.41, 5.74) is 2.30. The molecule has 0 radical (unpaired) electrons. The number of allylic oxidation sites excluding steroid dienone is 4. The second-order valence-corrected chi connectivity index (χ2v) is 4.39. The lowest BCUT2D eigenvalue weighted by molar-refractivity contribution is 0.413. The van der Waals surface area contributed by atoms with Gasteiger partial charge in [0.15, 0.2) is 0 Å². The Morgan fingerprint density at radius 2 is 1.80 bits per heavy atom. The monoisotopic (exact) mass is 267 g/mol. The summed E-state index contributed by atoms with van der Waals surface area (Å²) < 4.78 is 5.31. The van der Waals surface area contributed by atoms with E-state index in [1.165, 1.54) is 0 Å². The van der Waals surface area contributed by atoms with E-state index in [0.717, 1.165) is 11.3 Å². The van der Waals surface area contributed by atoms with Crippen LogP contribution in [0.15, 0.2) is 41.6 Å². The highest BCUT2D eigenvalue weighted by Gasteiger charge is 2.12. The standard InChI is InChI=1S/C16H17N3O/c1-12(19(2)3)9-15(13(10-17)11-18)14-7-5-6-8-16(14)20-4/h5-9H,1-4H3/b12-9+. The molecule has 0 heterocycles. The third kappa shape index (κ3) is 3.40. The van der Waals surface area contributed by atoms with Crippen molar-refractivity contribution in [3.8, 4) is 17.9 Å². The SMILES string of the molecule is COc1ccccc1C(/C=C(\C)N(C)C)=C(C#N)C#N. The first-order valence-electron chi connectivity index (χ1n) is 6.08. The summed E-state index contributed by atoms with van der Waals surface area (Å²) in [6.45, 7) is 1.92. The van der Waals surface area contributed by atoms with Crippen molar-refractivity contribution in [3.05, 3.63) is 47.2 Å². The maximum atomic E-state index is 9.16. The van der Waals surface area contributed by atoms with Crippen LogP contribution in [0.3, 0.4) is 0 Å². The minimum atomic E-state index is 0.0655. The highest BCUT2D eigenvalue weighted by Crippen LogP contribution is 2.29. The maximum absolute atomic E-state index is 9.16. The van der Waals surface area contributed by atoms with Crippen molar-refractivity contribution in [2.75, 3.05) is 21.2 Å². The molecular weight excluding hydrogens is 250 g/mol. The lowest BCUT2D eigenvalue weighted by Crippen LogP contribution is -2.08. The van der Waals surface area contributed by atoms with E-state index in [9.17, 15) is 0 Å². The molecule has 0 aliphatic carbocycles. The second-order valence-electron chi connectivity index (χ2n) is 4.39. The van der Waals surface area contributed by atoms with Gasteiger partial charge in [0.1, 0.15) is 23.5 Å². The smallest absolute Gasteiger partial charge is 0.137 e. The molecular formula is C16H17N3O. The van der Waals surface area contributed by atoms with Crippen LogP contribution in [0.2, 0.25) is 0 Å². The quantitative estimate of drug-likeness (QED) is 0.621. The van der Waals surface area contributed by atoms with Gasteiger partial charge in [-0.25, -0.2) is 0 Å². The third-order valence-corrected chi connectivity index (χ3v) is 2.95. The average molecular weight is 267 g/mol. The van der Waals surface area contributed by atoms with Gasteiger partial charge in [-0.15, -0.1) is 0 Å². The van der Waals surface area contributed by atoms with E-state index in [2.05, 4.69) is 0 Å². The number of benzene rings is 1. The van der Waals surface area contributed by atoms with Gasteiger partial charge >= 0.3 is 0 Å². The molecule has 0 aromatic heterocycles. The molecule has 1 aromatic rings. The van der Waals surface area contributed by atoms with Crippen LogP contribution in [0.5, 0.6) is 5.75 Å². The summed E-state index contributed by atoms with van der Waals surface area (Å²) in [4.78, 5) is 1.92. The van der Waals surface area contributed by atoms with E-state index in [-0.39, 0.29) is 5.57 Å². The van der Waals surface area contributed by atoms with Crippen LogP contribution in [0.4, 0.5) is 0 Å². The van der Waals surface area contributed by atoms with Crippen molar-refractivity contribution in [3.63, 3.8) is 0 Å². The fourth-order valence-electron chi connectivity index (χ4n) is 1.64. The number of hydrogen-bond donors (Lipinski definition) is 0. The molecule has 0 atom stereocenters. The van der Waals surface area contributed by atoms with Gasteiger partial charge in [0.2, 0.25) is 0 Å². The van der Waals surface area contributed by atoms with Gasteiger partial charge in [0, 0.05) is 30.9 Å². The highest BCUT2D eigenvalue weighted by molar-refractivity contribution is 5.85. The zero-order valence-corrected chi connectivity index (χ0v) is 12.1. The Morgan fingerprint density at radius 1 is 1.20 bits per heavy atom. The highest BCUT2D eigenvalue weighted by atomic mass is 16.5. The summed E-state index contributed by atoms with van der Waals surface area (Å²) in [5.74, 6) is 0.633. The largest absolute Gasteiger partial charge is 0.496 e. The van der Waals surface area contributed by atoms with Crippen LogP contribution in [-0.4, -0.2) is 26.1 Å². The molecule has 0 unspecified atom stereocenters. The molecule has 0 N–H and O–H groups in total. The minimum absolute atomic E-state index is 0.0655. The Hall–Kier alpha value is -2.72. The number of nitriles is 2. The number of nitrogens with zero attached hydrogens (tertiary/aromatic N) is 3. The van der Waals surface area contributed by atoms with Crippen molar-refractivity contribution in [2.24, 2.45) is 0 Å². The van der Waals surface area contributed by atoms with Gasteiger partial charge in [-0.2, -0.15) is 10.5 Å². The Kier molecular flexibility index (Phi) is 5.38. The van der Waals surface area contributed by atoms with Gasteiger partial charge < -0.3 is 9.64 Å². The number of hydrogen-bond acceptors (Lipinski definition) is 4. The molecule has 1 rings (SSSR count). The topological polar surface area (TPSA) is 60.0 Å². The molecule has 0 fully saturated rings. The van der Waals surface area contributed by atoms with Crippen LogP contribution in [0.1, 0.15) is 12.5 Å². The summed E-state index contributed by atoms with van der Waals surface area (Å²) in [7, 11) is 5.38. The normalized spacial score (nSPS) is 10.2. The van der Waals surface area contributed by atoms with Crippen molar-refractivity contribution < 1.29 is 4.74 Å². The third-order valence-electron chi connectivity index (χ3n) is 2.95. The van der Waals surface area contributed by atoms with Gasteiger partial charge in [-0.3, -0.25) is 0 Å². The predicted octanol–water partition coefficient (Wildman–Crippen LogP) is 2.96. The van der Waals surface area contributed by atoms with Crippen LogP contribution < -0.4 is 4.74 Å². The summed E-state index contributed by atoms with van der Waals surface area (Å²) >= 11 is 0. The van der Waals surface area contributed by atoms with E-state index in [0.29, 0.717) is 11.3 Å². The molecule has 102 valence electrons. The van der Waals surface area contributed by atoms with E-state index in [1.807, 2.05) is 62.3 Å². The molecule has 0 amide bonds. The van der Waals surface area contributed by atoms with Gasteiger partial charge in [-0.05, 0) is 19.1 Å². The first-order valence-corrected chi connectivity index (χ1v) is 6.08. The second kappa shape index (κ2) is 7.01. The van der Waals surface area contributed by atoms with Crippen LogP contribution >= 0.6 is 0 Å². The summed E-state index contributed by atoms with van der Waals surface area (Å²) in [5, 5.41) is 18.3. The van der Waals surface area contributed by atoms with Crippen molar-refractivity contribution in [2.45, 2.75) is 6.92 Å². The molecule has 0 aliphatic rings. The molecule has 4 nitrogen and oxygen atoms in total. The van der Waals surface area contributed by atoms with Gasteiger partial charge in [0.05, 0.1) is 7.11 Å². The average Bonchev–Trinajstić information content (AvgIpc) is 2.47. The number of rotatable bonds is 4. The zero-order chi connectivity index (χ0) is 15.1. The molecule has 0 aliphatic heterocycles. The fourth-order valence-corrected chi connectivity index (χ4v) is 1.64. The Morgan fingerprint density at radius 3 is 2.30 bits per heavy atom. The summed E-state index contributed by atoms with van der Waals surface area (Å²) in [6.07, 6.45) is 1.82. The van der Waals surface area contributed by atoms with E-state index < -0.39 is 0 Å². The van der Waals surface area contributed by atoms with Crippen molar-refractivity contribution >= 4 is 5.57 Å². The van der Waals surface area contributed by atoms with E-state index in [1.54, 1.807) is 13.2 Å². The minimum Gasteiger partial charge on any atom is -0.496 e. The molecule has 1 aromatic carbocycles. The summed E-state index contributed by atoms with van der Waals surface area (Å²) in [6, 6.07) is 11.2. The van der Waals surface area contributed by atoms with Crippen molar-refractivity contribution in [1.29, 1.82) is 10.5 Å². The first kappa shape index (κ1) is 15.3. The van der Waals surface area contributed by atoms with Crippen LogP contribution in [-0.2, 0) is 0 Å². The lowest BCUT2D eigenvalue weighted by atomic mass is 9.99. The first-order chi connectivity index (χ1) is 9.54. The fraction of sp³-hybridized carbons (Fsp3) is 0.250. The van der Waals surface area contributed by atoms with Crippen LogP contribution in [0, 0.1) is 22.7 Å². The molecule has 0 saturated heterocycles. The zero-order valence-electron chi connectivity index (χ0n) is 12.1. The molecule has 0 bridgehead atoms. The number of ether oxygens (including phenoxy) is 1. The Balaban J connectivity index is 3.58. The van der Waals surface area contributed by atoms with E-state index in [4.69, 9.17) is 15.3 Å². The Labute approximate surface area is 119 Å². The predicted molar refractivity (Wildman–Crippen MR) is 78.6 cm³/mol. The molecule has 0 saturated carbocycles. The van der Waals surface area contributed by atoms with Gasteiger partial charge in [-0.1, -0.05) is 18.2 Å². The number of para-hydroxylation sites is 1. The maximum Gasteiger partial charge on any atom is 0.137 e. The van der Waals surface area contributed by atoms with Crippen molar-refractivity contribution in [1.82, 2.24) is 4.90 Å². The molecule has 20 heavy (non-hydrogen) atoms. The Bertz CT molecular complexity index is 612.